The fraction of sp³-hybridized carbons (Fsp3) is 0.200. The molecule has 0 bridgehead atoms. The van der Waals surface area contributed by atoms with Gasteiger partial charge in [-0.2, -0.15) is 0 Å². The molecule has 0 saturated carbocycles. The minimum absolute atomic E-state index is 0.571. The Bertz CT molecular complexity index is 531. The van der Waals surface area contributed by atoms with Gasteiger partial charge in [0.25, 0.3) is 0 Å². The van der Waals surface area contributed by atoms with Crippen LogP contribution in [0, 0.1) is 0 Å². The number of para-hydroxylation sites is 3. The molecule has 0 aliphatic carbocycles. The van der Waals surface area contributed by atoms with E-state index in [0.29, 0.717) is 6.61 Å². The zero-order valence-electron chi connectivity index (χ0n) is 10.7. The molecule has 2 aromatic carbocycles. The molecule has 0 heterocycles. The molecule has 0 aliphatic heterocycles. The van der Waals surface area contributed by atoms with E-state index in [1.54, 1.807) is 7.11 Å². The van der Waals surface area contributed by atoms with E-state index in [9.17, 15) is 0 Å². The lowest BCUT2D eigenvalue weighted by Crippen LogP contribution is -2.12. The number of hydrogen-bond donors (Lipinski definition) is 1. The third-order valence-electron chi connectivity index (χ3n) is 2.62. The van der Waals surface area contributed by atoms with Crippen LogP contribution in [0.4, 0.5) is 5.69 Å². The van der Waals surface area contributed by atoms with Gasteiger partial charge in [-0.15, -0.1) is 0 Å². The molecule has 0 radical (unpaired) electrons. The number of anilines is 1. The van der Waals surface area contributed by atoms with Gasteiger partial charge in [-0.1, -0.05) is 24.3 Å². The monoisotopic (exact) mass is 321 g/mol. The van der Waals surface area contributed by atoms with Crippen molar-refractivity contribution in [3.8, 4) is 11.5 Å². The van der Waals surface area contributed by atoms with Gasteiger partial charge in [0.1, 0.15) is 6.61 Å². The van der Waals surface area contributed by atoms with E-state index in [2.05, 4.69) is 21.2 Å². The Morgan fingerprint density at radius 1 is 1.00 bits per heavy atom. The predicted octanol–water partition coefficient (Wildman–Crippen LogP) is 3.95. The molecular weight excluding hydrogens is 306 g/mol. The van der Waals surface area contributed by atoms with Crippen molar-refractivity contribution in [2.45, 2.75) is 0 Å². The van der Waals surface area contributed by atoms with Crippen LogP contribution in [0.5, 0.6) is 11.5 Å². The highest BCUT2D eigenvalue weighted by atomic mass is 79.9. The van der Waals surface area contributed by atoms with Crippen LogP contribution in [0.15, 0.2) is 53.0 Å². The Hall–Kier alpha value is -1.68. The minimum Gasteiger partial charge on any atom is -0.493 e. The zero-order valence-corrected chi connectivity index (χ0v) is 12.3. The molecule has 0 unspecified atom stereocenters. The summed E-state index contributed by atoms with van der Waals surface area (Å²) in [5.74, 6) is 1.52. The lowest BCUT2D eigenvalue weighted by Gasteiger charge is -2.12. The van der Waals surface area contributed by atoms with Crippen LogP contribution in [0.1, 0.15) is 0 Å². The van der Waals surface area contributed by atoms with Crippen molar-refractivity contribution < 1.29 is 9.47 Å². The van der Waals surface area contributed by atoms with Crippen LogP contribution in [-0.4, -0.2) is 20.3 Å². The molecule has 0 atom stereocenters. The lowest BCUT2D eigenvalue weighted by atomic mass is 10.3. The Kier molecular flexibility index (Phi) is 5.10. The summed E-state index contributed by atoms with van der Waals surface area (Å²) in [4.78, 5) is 0. The summed E-state index contributed by atoms with van der Waals surface area (Å²) in [5, 5.41) is 3.31. The van der Waals surface area contributed by atoms with Crippen molar-refractivity contribution in [1.82, 2.24) is 0 Å². The van der Waals surface area contributed by atoms with Gasteiger partial charge in [0.05, 0.1) is 7.11 Å². The first kappa shape index (κ1) is 13.7. The highest BCUT2D eigenvalue weighted by Gasteiger charge is 2.02. The summed E-state index contributed by atoms with van der Waals surface area (Å²) >= 11 is 3.49. The summed E-state index contributed by atoms with van der Waals surface area (Å²) in [6.45, 7) is 1.29. The average molecular weight is 322 g/mol. The number of ether oxygens (including phenoxy) is 2. The molecule has 2 aromatic rings. The summed E-state index contributed by atoms with van der Waals surface area (Å²) in [6.07, 6.45) is 0. The molecule has 100 valence electrons. The molecular formula is C15H16BrNO2. The molecule has 4 heteroatoms. The molecule has 0 spiro atoms. The molecule has 0 aromatic heterocycles. The third-order valence-corrected chi connectivity index (χ3v) is 3.31. The molecule has 2 rings (SSSR count). The normalized spacial score (nSPS) is 10.0. The molecule has 0 aliphatic rings. The van der Waals surface area contributed by atoms with Crippen LogP contribution < -0.4 is 14.8 Å². The number of halogens is 1. The highest BCUT2D eigenvalue weighted by Crippen LogP contribution is 2.25. The predicted molar refractivity (Wildman–Crippen MR) is 81.1 cm³/mol. The van der Waals surface area contributed by atoms with E-state index in [1.807, 2.05) is 48.5 Å². The Labute approximate surface area is 121 Å². The molecule has 3 nitrogen and oxygen atoms in total. The maximum atomic E-state index is 5.69. The summed E-state index contributed by atoms with van der Waals surface area (Å²) in [7, 11) is 1.64. The van der Waals surface area contributed by atoms with Crippen molar-refractivity contribution in [3.05, 3.63) is 53.0 Å². The van der Waals surface area contributed by atoms with Crippen molar-refractivity contribution >= 4 is 21.6 Å². The van der Waals surface area contributed by atoms with Gasteiger partial charge in [-0.3, -0.25) is 0 Å². The van der Waals surface area contributed by atoms with Gasteiger partial charge in [-0.25, -0.2) is 0 Å². The number of rotatable bonds is 6. The van der Waals surface area contributed by atoms with Crippen LogP contribution >= 0.6 is 15.9 Å². The van der Waals surface area contributed by atoms with E-state index < -0.39 is 0 Å². The van der Waals surface area contributed by atoms with E-state index in [0.717, 1.165) is 28.2 Å². The van der Waals surface area contributed by atoms with Gasteiger partial charge < -0.3 is 14.8 Å². The Morgan fingerprint density at radius 2 is 1.68 bits per heavy atom. The van der Waals surface area contributed by atoms with E-state index in [1.165, 1.54) is 0 Å². The lowest BCUT2D eigenvalue weighted by molar-refractivity contribution is 0.306. The second-order valence-corrected chi connectivity index (χ2v) is 4.76. The molecule has 19 heavy (non-hydrogen) atoms. The van der Waals surface area contributed by atoms with Crippen molar-refractivity contribution in [3.63, 3.8) is 0 Å². The van der Waals surface area contributed by atoms with Crippen LogP contribution in [0.25, 0.3) is 0 Å². The average Bonchev–Trinajstić information content (AvgIpc) is 2.45. The van der Waals surface area contributed by atoms with Crippen LogP contribution in [0.3, 0.4) is 0 Å². The fourth-order valence-electron chi connectivity index (χ4n) is 1.69. The standard InChI is InChI=1S/C15H16BrNO2/c1-18-14-8-4-5-9-15(14)19-11-10-17-13-7-3-2-6-12(13)16/h2-9,17H,10-11H2,1H3. The Balaban J connectivity index is 1.83. The summed E-state index contributed by atoms with van der Waals surface area (Å²) < 4.78 is 12.0. The van der Waals surface area contributed by atoms with Gasteiger partial charge in [0.2, 0.25) is 0 Å². The summed E-state index contributed by atoms with van der Waals surface area (Å²) in [6, 6.07) is 15.6. The SMILES string of the molecule is COc1ccccc1OCCNc1ccccc1Br. The number of methoxy groups -OCH3 is 1. The Morgan fingerprint density at radius 3 is 2.42 bits per heavy atom. The largest absolute Gasteiger partial charge is 0.493 e. The first-order valence-corrected chi connectivity index (χ1v) is 6.85. The number of nitrogens with one attached hydrogen (secondary N) is 1. The van der Waals surface area contributed by atoms with Crippen molar-refractivity contribution in [2.24, 2.45) is 0 Å². The van der Waals surface area contributed by atoms with E-state index in [-0.39, 0.29) is 0 Å². The van der Waals surface area contributed by atoms with Gasteiger partial charge >= 0.3 is 0 Å². The molecule has 0 amide bonds. The number of benzene rings is 2. The van der Waals surface area contributed by atoms with E-state index >= 15 is 0 Å². The zero-order chi connectivity index (χ0) is 13.5. The topological polar surface area (TPSA) is 30.5 Å². The number of hydrogen-bond acceptors (Lipinski definition) is 3. The molecule has 1 N–H and O–H groups in total. The highest BCUT2D eigenvalue weighted by molar-refractivity contribution is 9.10. The maximum Gasteiger partial charge on any atom is 0.161 e. The molecule has 0 fully saturated rings. The smallest absolute Gasteiger partial charge is 0.161 e. The second-order valence-electron chi connectivity index (χ2n) is 3.91. The van der Waals surface area contributed by atoms with E-state index in [4.69, 9.17) is 9.47 Å². The quantitative estimate of drug-likeness (QED) is 0.817. The van der Waals surface area contributed by atoms with Gasteiger partial charge in [0, 0.05) is 16.7 Å². The second kappa shape index (κ2) is 7.04. The fourth-order valence-corrected chi connectivity index (χ4v) is 2.11. The first-order valence-electron chi connectivity index (χ1n) is 6.05. The van der Waals surface area contributed by atoms with Gasteiger partial charge in [-0.05, 0) is 40.2 Å². The van der Waals surface area contributed by atoms with Crippen LogP contribution in [-0.2, 0) is 0 Å². The van der Waals surface area contributed by atoms with Gasteiger partial charge in [0.15, 0.2) is 11.5 Å². The van der Waals surface area contributed by atoms with Crippen molar-refractivity contribution in [2.75, 3.05) is 25.6 Å². The first-order chi connectivity index (χ1) is 9.31. The maximum absolute atomic E-state index is 5.69. The summed E-state index contributed by atoms with van der Waals surface area (Å²) in [5.41, 5.74) is 1.06. The molecule has 0 saturated heterocycles. The third kappa shape index (κ3) is 3.89. The minimum atomic E-state index is 0.571. The van der Waals surface area contributed by atoms with Crippen LogP contribution in [0.2, 0.25) is 0 Å². The van der Waals surface area contributed by atoms with Crippen molar-refractivity contribution in [1.29, 1.82) is 0 Å².